The quantitative estimate of drug-likeness (QED) is 0.317. The number of nitriles is 1. The van der Waals surface area contributed by atoms with E-state index in [1.54, 1.807) is 0 Å². The lowest BCUT2D eigenvalue weighted by atomic mass is 9.95. The summed E-state index contributed by atoms with van der Waals surface area (Å²) in [6, 6.07) is 35.1. The van der Waals surface area contributed by atoms with Crippen LogP contribution in [0.4, 0.5) is 4.79 Å². The molecule has 1 aliphatic carbocycles. The highest BCUT2D eigenvalue weighted by Gasteiger charge is 2.33. The summed E-state index contributed by atoms with van der Waals surface area (Å²) in [7, 11) is 0. The van der Waals surface area contributed by atoms with Crippen molar-refractivity contribution in [1.29, 1.82) is 5.26 Å². The van der Waals surface area contributed by atoms with Gasteiger partial charge < -0.3 is 9.84 Å². The molecule has 178 valence electrons. The molecular formula is C31H26N2O3. The molecule has 0 aliphatic heterocycles. The second kappa shape index (κ2) is 10.4. The van der Waals surface area contributed by atoms with Gasteiger partial charge in [-0.05, 0) is 45.5 Å². The van der Waals surface area contributed by atoms with Crippen molar-refractivity contribution in [2.45, 2.75) is 25.0 Å². The summed E-state index contributed by atoms with van der Waals surface area (Å²) in [6.45, 7) is 0.692. The molecule has 1 amide bonds. The van der Waals surface area contributed by atoms with E-state index in [2.05, 4.69) is 30.3 Å². The number of hydrogen-bond donors (Lipinski definition) is 1. The van der Waals surface area contributed by atoms with Crippen LogP contribution in [0.2, 0.25) is 0 Å². The highest BCUT2D eigenvalue weighted by molar-refractivity contribution is 5.79. The first kappa shape index (κ1) is 23.2. The van der Waals surface area contributed by atoms with Gasteiger partial charge in [-0.3, -0.25) is 4.90 Å². The highest BCUT2D eigenvalue weighted by Crippen LogP contribution is 2.45. The summed E-state index contributed by atoms with van der Waals surface area (Å²) in [4.78, 5) is 13.6. The van der Waals surface area contributed by atoms with E-state index in [1.807, 2.05) is 78.9 Å². The summed E-state index contributed by atoms with van der Waals surface area (Å²) >= 11 is 0. The summed E-state index contributed by atoms with van der Waals surface area (Å²) in [5.41, 5.74) is 6.42. The van der Waals surface area contributed by atoms with Crippen molar-refractivity contribution >= 4 is 6.09 Å². The summed E-state index contributed by atoms with van der Waals surface area (Å²) in [5.74, 6) is 0.614. The number of carbonyl (C=O) groups is 1. The summed E-state index contributed by atoms with van der Waals surface area (Å²) < 4.78 is 5.85. The van der Waals surface area contributed by atoms with Gasteiger partial charge in [-0.2, -0.15) is 5.26 Å². The van der Waals surface area contributed by atoms with Crippen LogP contribution in [-0.2, 0) is 13.0 Å². The molecule has 5 nitrogen and oxygen atoms in total. The molecule has 4 aromatic rings. The third kappa shape index (κ3) is 4.80. The average Bonchev–Trinajstić information content (AvgIpc) is 3.24. The van der Waals surface area contributed by atoms with Crippen molar-refractivity contribution in [3.8, 4) is 22.9 Å². The fourth-order valence-corrected chi connectivity index (χ4v) is 4.90. The normalized spacial score (nSPS) is 12.8. The lowest BCUT2D eigenvalue weighted by molar-refractivity contribution is 0.133. The van der Waals surface area contributed by atoms with Gasteiger partial charge >= 0.3 is 6.09 Å². The Morgan fingerprint density at radius 2 is 1.42 bits per heavy atom. The molecule has 0 radical (unpaired) electrons. The molecule has 0 saturated heterocycles. The minimum atomic E-state index is -1.09. The van der Waals surface area contributed by atoms with E-state index in [0.717, 1.165) is 39.1 Å². The molecule has 5 heteroatoms. The number of hydrogen-bond acceptors (Lipinski definition) is 3. The van der Waals surface area contributed by atoms with E-state index in [1.165, 1.54) is 4.90 Å². The summed E-state index contributed by atoms with van der Waals surface area (Å²) in [6.07, 6.45) is -0.788. The van der Waals surface area contributed by atoms with Crippen LogP contribution in [0.5, 0.6) is 5.75 Å². The smallest absolute Gasteiger partial charge is 0.408 e. The molecule has 0 bridgehead atoms. The van der Waals surface area contributed by atoms with Crippen LogP contribution < -0.4 is 4.74 Å². The van der Waals surface area contributed by atoms with Gasteiger partial charge in [0.1, 0.15) is 18.4 Å². The molecule has 1 unspecified atom stereocenters. The van der Waals surface area contributed by atoms with Gasteiger partial charge in [0, 0.05) is 18.9 Å². The predicted molar refractivity (Wildman–Crippen MR) is 139 cm³/mol. The van der Waals surface area contributed by atoms with Crippen molar-refractivity contribution in [2.24, 2.45) is 0 Å². The molecule has 1 aliphatic rings. The summed E-state index contributed by atoms with van der Waals surface area (Å²) in [5, 5.41) is 20.0. The fraction of sp³-hybridized carbons (Fsp3) is 0.161. The van der Waals surface area contributed by atoms with Crippen LogP contribution in [0.3, 0.4) is 0 Å². The van der Waals surface area contributed by atoms with Crippen molar-refractivity contribution in [3.63, 3.8) is 0 Å². The highest BCUT2D eigenvalue weighted by atomic mass is 16.5. The molecular weight excluding hydrogens is 448 g/mol. The Labute approximate surface area is 210 Å². The zero-order valence-corrected chi connectivity index (χ0v) is 19.7. The van der Waals surface area contributed by atoms with Crippen LogP contribution in [-0.4, -0.2) is 28.7 Å². The zero-order valence-electron chi connectivity index (χ0n) is 19.7. The van der Waals surface area contributed by atoms with Gasteiger partial charge in [-0.25, -0.2) is 4.79 Å². The van der Waals surface area contributed by atoms with E-state index >= 15 is 0 Å². The Balaban J connectivity index is 1.31. The number of carboxylic acid groups (broad SMARTS) is 1. The first-order chi connectivity index (χ1) is 17.6. The van der Waals surface area contributed by atoms with E-state index in [-0.39, 0.29) is 12.5 Å². The van der Waals surface area contributed by atoms with Gasteiger partial charge in [0.05, 0.1) is 6.07 Å². The van der Waals surface area contributed by atoms with Crippen LogP contribution in [0.1, 0.15) is 28.2 Å². The number of benzene rings is 4. The third-order valence-electron chi connectivity index (χ3n) is 6.71. The Bertz CT molecular complexity index is 1350. The molecule has 0 spiro atoms. The molecule has 5 rings (SSSR count). The van der Waals surface area contributed by atoms with Crippen LogP contribution in [0, 0.1) is 11.3 Å². The van der Waals surface area contributed by atoms with E-state index < -0.39 is 12.1 Å². The zero-order chi connectivity index (χ0) is 24.9. The topological polar surface area (TPSA) is 73.6 Å². The Morgan fingerprint density at radius 1 is 0.833 bits per heavy atom. The molecule has 0 heterocycles. The molecule has 0 fully saturated rings. The van der Waals surface area contributed by atoms with Gasteiger partial charge in [0.2, 0.25) is 0 Å². The molecule has 4 aromatic carbocycles. The maximum Gasteiger partial charge on any atom is 0.408 e. The van der Waals surface area contributed by atoms with Gasteiger partial charge in [-0.15, -0.1) is 0 Å². The van der Waals surface area contributed by atoms with Crippen LogP contribution >= 0.6 is 0 Å². The maximum absolute atomic E-state index is 12.3. The van der Waals surface area contributed by atoms with Crippen molar-refractivity contribution < 1.29 is 14.6 Å². The second-order valence-corrected chi connectivity index (χ2v) is 8.93. The van der Waals surface area contributed by atoms with E-state index in [0.29, 0.717) is 13.0 Å². The van der Waals surface area contributed by atoms with Crippen LogP contribution in [0.25, 0.3) is 11.1 Å². The Morgan fingerprint density at radius 3 is 2.00 bits per heavy atom. The molecule has 36 heavy (non-hydrogen) atoms. The van der Waals surface area contributed by atoms with Crippen molar-refractivity contribution in [2.75, 3.05) is 6.54 Å². The monoisotopic (exact) mass is 474 g/mol. The number of ether oxygens (including phenoxy) is 1. The lowest BCUT2D eigenvalue weighted by Crippen LogP contribution is -2.42. The average molecular weight is 475 g/mol. The van der Waals surface area contributed by atoms with Gasteiger partial charge in [0.25, 0.3) is 0 Å². The molecule has 1 N–H and O–H groups in total. The van der Waals surface area contributed by atoms with Gasteiger partial charge in [0.15, 0.2) is 0 Å². The number of rotatable bonds is 8. The Kier molecular flexibility index (Phi) is 6.68. The standard InChI is InChI=1S/C31H26N2O3/c32-19-24(18-22-14-16-25(17-15-22)36-21-23-8-2-1-3-9-23)33(31(34)35)20-30-28-12-6-4-10-26(28)27-11-5-7-13-29(27)30/h1-17,24,30H,18,20-21H2,(H,34,35). The fourth-order valence-electron chi connectivity index (χ4n) is 4.90. The molecule has 0 aromatic heterocycles. The SMILES string of the molecule is N#CC(Cc1ccc(OCc2ccccc2)cc1)N(CC1c2ccccc2-c2ccccc21)C(=O)O. The van der Waals surface area contributed by atoms with Crippen molar-refractivity contribution in [1.82, 2.24) is 4.90 Å². The first-order valence-corrected chi connectivity index (χ1v) is 12.0. The van der Waals surface area contributed by atoms with E-state index in [4.69, 9.17) is 4.74 Å². The largest absolute Gasteiger partial charge is 0.489 e. The minimum absolute atomic E-state index is 0.113. The maximum atomic E-state index is 12.3. The number of fused-ring (bicyclic) bond motifs is 3. The van der Waals surface area contributed by atoms with Crippen LogP contribution in [0.15, 0.2) is 103 Å². The lowest BCUT2D eigenvalue weighted by Gasteiger charge is -2.28. The number of nitrogens with zero attached hydrogens (tertiary/aromatic N) is 2. The second-order valence-electron chi connectivity index (χ2n) is 8.93. The van der Waals surface area contributed by atoms with E-state index in [9.17, 15) is 15.2 Å². The first-order valence-electron chi connectivity index (χ1n) is 12.0. The minimum Gasteiger partial charge on any atom is -0.489 e. The predicted octanol–water partition coefficient (Wildman–Crippen LogP) is 6.49. The number of amides is 1. The third-order valence-corrected chi connectivity index (χ3v) is 6.71. The van der Waals surface area contributed by atoms with Gasteiger partial charge in [-0.1, -0.05) is 91.0 Å². The van der Waals surface area contributed by atoms with Crippen molar-refractivity contribution in [3.05, 3.63) is 125 Å². The Hall–Kier alpha value is -4.56. The molecule has 1 atom stereocenters. The molecule has 0 saturated carbocycles.